The number of hydrogen-bond acceptors (Lipinski definition) is 9. The van der Waals surface area contributed by atoms with Crippen molar-refractivity contribution >= 4 is 40.0 Å². The Hall–Kier alpha value is -1.91. The van der Waals surface area contributed by atoms with Gasteiger partial charge in [-0.1, -0.05) is 11.8 Å². The maximum Gasteiger partial charge on any atom is 0.278 e. The molecule has 0 spiro atoms. The van der Waals surface area contributed by atoms with Gasteiger partial charge in [0.25, 0.3) is 5.91 Å². The molecular formula is C17H19N5O3S2. The Morgan fingerprint density at radius 1 is 1.33 bits per heavy atom. The molecule has 10 heteroatoms. The molecular weight excluding hydrogens is 386 g/mol. The van der Waals surface area contributed by atoms with E-state index in [-0.39, 0.29) is 11.6 Å². The zero-order valence-electron chi connectivity index (χ0n) is 14.5. The van der Waals surface area contributed by atoms with Crippen molar-refractivity contribution in [2.75, 3.05) is 24.3 Å². The quantitative estimate of drug-likeness (QED) is 0.803. The van der Waals surface area contributed by atoms with Crippen molar-refractivity contribution in [1.29, 1.82) is 0 Å². The number of oxazole rings is 1. The van der Waals surface area contributed by atoms with E-state index in [1.165, 1.54) is 17.6 Å². The number of ether oxygens (including phenoxy) is 1. The van der Waals surface area contributed by atoms with Gasteiger partial charge in [0.15, 0.2) is 16.8 Å². The van der Waals surface area contributed by atoms with Gasteiger partial charge in [-0.05, 0) is 19.3 Å². The molecule has 4 heterocycles. The lowest BCUT2D eigenvalue weighted by Gasteiger charge is -2.41. The van der Waals surface area contributed by atoms with Crippen LogP contribution in [0.3, 0.4) is 0 Å². The average Bonchev–Trinajstić information content (AvgIpc) is 3.20. The molecule has 3 N–H and O–H groups in total. The number of thioether (sulfide) groups is 1. The van der Waals surface area contributed by atoms with Crippen LogP contribution in [0, 0.1) is 5.92 Å². The summed E-state index contributed by atoms with van der Waals surface area (Å²) in [5, 5.41) is 6.01. The van der Waals surface area contributed by atoms with E-state index in [9.17, 15) is 4.79 Å². The van der Waals surface area contributed by atoms with E-state index >= 15 is 0 Å². The number of aliphatic imine (C=N–C) groups is 1. The molecule has 0 bridgehead atoms. The number of amidine groups is 1. The van der Waals surface area contributed by atoms with Crippen molar-refractivity contribution in [2.45, 2.75) is 30.7 Å². The van der Waals surface area contributed by atoms with Gasteiger partial charge < -0.3 is 20.2 Å². The summed E-state index contributed by atoms with van der Waals surface area (Å²) in [4.78, 5) is 26.1. The number of fused-ring (bicyclic) bond motifs is 1. The highest BCUT2D eigenvalue weighted by molar-refractivity contribution is 8.13. The van der Waals surface area contributed by atoms with Crippen LogP contribution >= 0.6 is 23.1 Å². The van der Waals surface area contributed by atoms with Gasteiger partial charge in [0.1, 0.15) is 22.6 Å². The van der Waals surface area contributed by atoms with Crippen LogP contribution in [0.1, 0.15) is 46.6 Å². The van der Waals surface area contributed by atoms with Crippen LogP contribution in [0.5, 0.6) is 0 Å². The third-order valence-electron chi connectivity index (χ3n) is 5.15. The van der Waals surface area contributed by atoms with Crippen LogP contribution in [-0.4, -0.2) is 40.0 Å². The van der Waals surface area contributed by atoms with Crippen LogP contribution in [0.15, 0.2) is 21.1 Å². The molecule has 3 aliphatic rings. The molecule has 2 aliphatic heterocycles. The molecule has 8 nitrogen and oxygen atoms in total. The van der Waals surface area contributed by atoms with E-state index in [0.29, 0.717) is 35.3 Å². The Bertz CT molecular complexity index is 906. The summed E-state index contributed by atoms with van der Waals surface area (Å²) in [6, 6.07) is 0. The van der Waals surface area contributed by atoms with E-state index in [0.717, 1.165) is 36.6 Å². The summed E-state index contributed by atoms with van der Waals surface area (Å²) in [5.41, 5.74) is 5.74. The minimum absolute atomic E-state index is 0.278. The highest BCUT2D eigenvalue weighted by Gasteiger charge is 2.48. The minimum Gasteiger partial charge on any atom is -0.448 e. The molecule has 0 aromatic carbocycles. The second-order valence-electron chi connectivity index (χ2n) is 7.06. The van der Waals surface area contributed by atoms with Crippen molar-refractivity contribution in [3.63, 3.8) is 0 Å². The third kappa shape index (κ3) is 3.15. The molecule has 1 saturated carbocycles. The Labute approximate surface area is 164 Å². The van der Waals surface area contributed by atoms with E-state index < -0.39 is 5.54 Å². The van der Waals surface area contributed by atoms with Gasteiger partial charge in [-0.25, -0.2) is 15.0 Å². The first-order valence-corrected chi connectivity index (χ1v) is 10.8. The molecule has 2 aromatic rings. The number of anilines is 1. The molecule has 1 amide bonds. The number of thiazole rings is 1. The SMILES string of the molecule is NC1=NC2(c3nc(NC(=O)c4coc(C5CC5)n4)cs3)COCCC2CS1. The molecule has 2 atom stereocenters. The molecule has 0 radical (unpaired) electrons. The fourth-order valence-corrected chi connectivity index (χ4v) is 5.48. The summed E-state index contributed by atoms with van der Waals surface area (Å²) in [5.74, 6) is 2.41. The number of nitrogens with two attached hydrogens (primary N) is 1. The first-order chi connectivity index (χ1) is 13.1. The summed E-state index contributed by atoms with van der Waals surface area (Å²) in [6.45, 7) is 1.20. The molecule has 2 aromatic heterocycles. The summed E-state index contributed by atoms with van der Waals surface area (Å²) >= 11 is 3.05. The van der Waals surface area contributed by atoms with E-state index in [4.69, 9.17) is 19.9 Å². The van der Waals surface area contributed by atoms with Crippen molar-refractivity contribution in [3.8, 4) is 0 Å². The van der Waals surface area contributed by atoms with Crippen molar-refractivity contribution in [1.82, 2.24) is 9.97 Å². The average molecular weight is 406 g/mol. The molecule has 1 aliphatic carbocycles. The third-order valence-corrected chi connectivity index (χ3v) is 7.11. The van der Waals surface area contributed by atoms with Gasteiger partial charge in [0.2, 0.25) is 0 Å². The summed E-state index contributed by atoms with van der Waals surface area (Å²) in [7, 11) is 0. The number of amides is 1. The van der Waals surface area contributed by atoms with Crippen molar-refractivity contribution in [2.24, 2.45) is 16.6 Å². The number of carbonyl (C=O) groups is 1. The number of nitrogens with one attached hydrogen (secondary N) is 1. The molecule has 1 saturated heterocycles. The summed E-state index contributed by atoms with van der Waals surface area (Å²) in [6.07, 6.45) is 4.48. The Morgan fingerprint density at radius 2 is 2.22 bits per heavy atom. The van der Waals surface area contributed by atoms with Crippen LogP contribution < -0.4 is 11.1 Å². The van der Waals surface area contributed by atoms with Crippen LogP contribution in [0.2, 0.25) is 0 Å². The van der Waals surface area contributed by atoms with Gasteiger partial charge in [-0.2, -0.15) is 0 Å². The first kappa shape index (κ1) is 17.2. The molecule has 5 rings (SSSR count). The molecule has 2 fully saturated rings. The van der Waals surface area contributed by atoms with Crippen LogP contribution in [0.4, 0.5) is 5.82 Å². The summed E-state index contributed by atoms with van der Waals surface area (Å²) < 4.78 is 11.1. The lowest BCUT2D eigenvalue weighted by Crippen LogP contribution is -2.47. The van der Waals surface area contributed by atoms with Crippen molar-refractivity contribution < 1.29 is 13.9 Å². The number of carbonyl (C=O) groups excluding carboxylic acids is 1. The maximum absolute atomic E-state index is 12.4. The molecule has 27 heavy (non-hydrogen) atoms. The van der Waals surface area contributed by atoms with Gasteiger partial charge in [-0.15, -0.1) is 11.3 Å². The highest BCUT2D eigenvalue weighted by atomic mass is 32.2. The fourth-order valence-electron chi connectivity index (χ4n) is 3.47. The van der Waals surface area contributed by atoms with Gasteiger partial charge in [-0.3, -0.25) is 4.79 Å². The second kappa shape index (κ2) is 6.61. The molecule has 2 unspecified atom stereocenters. The van der Waals surface area contributed by atoms with E-state index in [2.05, 4.69) is 15.3 Å². The number of hydrogen-bond donors (Lipinski definition) is 2. The zero-order chi connectivity index (χ0) is 18.4. The number of aromatic nitrogens is 2. The highest BCUT2D eigenvalue weighted by Crippen LogP contribution is 2.45. The Balaban J connectivity index is 1.37. The van der Waals surface area contributed by atoms with Crippen LogP contribution in [-0.2, 0) is 10.3 Å². The van der Waals surface area contributed by atoms with Crippen LogP contribution in [0.25, 0.3) is 0 Å². The minimum atomic E-state index is -0.547. The fraction of sp³-hybridized carbons (Fsp3) is 0.529. The van der Waals surface area contributed by atoms with Gasteiger partial charge in [0.05, 0.1) is 6.61 Å². The maximum atomic E-state index is 12.4. The largest absolute Gasteiger partial charge is 0.448 e. The monoisotopic (exact) mass is 405 g/mol. The predicted molar refractivity (Wildman–Crippen MR) is 103 cm³/mol. The standard InChI is InChI=1S/C17H19N5O3S2/c18-16-22-17(8-24-4-3-10(17)6-27-16)15-21-12(7-26-15)20-13(23)11-5-25-14(19-11)9-1-2-9/h5,7,9-10H,1-4,6,8H2,(H2,18,22)(H,20,23). The van der Waals surface area contributed by atoms with Gasteiger partial charge >= 0.3 is 0 Å². The Morgan fingerprint density at radius 3 is 3.07 bits per heavy atom. The topological polar surface area (TPSA) is 116 Å². The second-order valence-corrected chi connectivity index (χ2v) is 8.96. The lowest BCUT2D eigenvalue weighted by molar-refractivity contribution is 0.00448. The number of nitrogens with zero attached hydrogens (tertiary/aromatic N) is 3. The van der Waals surface area contributed by atoms with Crippen molar-refractivity contribution in [3.05, 3.63) is 28.2 Å². The zero-order valence-corrected chi connectivity index (χ0v) is 16.1. The first-order valence-electron chi connectivity index (χ1n) is 8.93. The molecule has 142 valence electrons. The predicted octanol–water partition coefficient (Wildman–Crippen LogP) is 2.55. The number of rotatable bonds is 4. The Kier molecular flexibility index (Phi) is 4.21. The van der Waals surface area contributed by atoms with E-state index in [1.54, 1.807) is 11.8 Å². The normalized spacial score (nSPS) is 27.7. The lowest BCUT2D eigenvalue weighted by atomic mass is 9.82. The van der Waals surface area contributed by atoms with Gasteiger partial charge in [0, 0.05) is 29.6 Å². The smallest absolute Gasteiger partial charge is 0.278 e. The van der Waals surface area contributed by atoms with E-state index in [1.807, 2.05) is 5.38 Å².